The summed E-state index contributed by atoms with van der Waals surface area (Å²) in [5.41, 5.74) is 2.12. The molecule has 1 aromatic heterocycles. The standard InChI is InChI=1S/C14H17ClN2O/c1-3-6-16-7-8-17(14(16)18)10-12-5-4-11(2)9-13(12)15/h4-5,7-9H,3,6,10H2,1-2H3. The second-order valence-corrected chi connectivity index (χ2v) is 4.90. The molecule has 0 saturated heterocycles. The third kappa shape index (κ3) is 2.67. The number of aryl methyl sites for hydroxylation is 2. The zero-order valence-electron chi connectivity index (χ0n) is 10.7. The largest absolute Gasteiger partial charge is 0.328 e. The second-order valence-electron chi connectivity index (χ2n) is 4.50. The molecule has 0 unspecified atom stereocenters. The third-order valence-corrected chi connectivity index (χ3v) is 3.28. The fourth-order valence-corrected chi connectivity index (χ4v) is 2.24. The lowest BCUT2D eigenvalue weighted by atomic mass is 10.1. The Morgan fingerprint density at radius 3 is 2.61 bits per heavy atom. The molecule has 18 heavy (non-hydrogen) atoms. The van der Waals surface area contributed by atoms with Crippen molar-refractivity contribution in [1.82, 2.24) is 9.13 Å². The molecule has 0 fully saturated rings. The van der Waals surface area contributed by atoms with E-state index >= 15 is 0 Å². The summed E-state index contributed by atoms with van der Waals surface area (Å²) in [6, 6.07) is 5.90. The van der Waals surface area contributed by atoms with Gasteiger partial charge in [-0.15, -0.1) is 0 Å². The minimum Gasteiger partial charge on any atom is -0.299 e. The summed E-state index contributed by atoms with van der Waals surface area (Å²) in [4.78, 5) is 12.0. The van der Waals surface area contributed by atoms with Gasteiger partial charge in [0, 0.05) is 24.0 Å². The Kier molecular flexibility index (Phi) is 3.92. The maximum absolute atomic E-state index is 12.0. The first-order chi connectivity index (χ1) is 8.61. The predicted octanol–water partition coefficient (Wildman–Crippen LogP) is 3.07. The highest BCUT2D eigenvalue weighted by atomic mass is 35.5. The maximum Gasteiger partial charge on any atom is 0.328 e. The zero-order valence-corrected chi connectivity index (χ0v) is 11.4. The minimum absolute atomic E-state index is 0.0218. The van der Waals surface area contributed by atoms with E-state index in [1.54, 1.807) is 9.13 Å². The summed E-state index contributed by atoms with van der Waals surface area (Å²) >= 11 is 6.18. The van der Waals surface area contributed by atoms with E-state index in [1.165, 1.54) is 0 Å². The van der Waals surface area contributed by atoms with E-state index in [4.69, 9.17) is 11.6 Å². The summed E-state index contributed by atoms with van der Waals surface area (Å²) in [6.07, 6.45) is 4.59. The van der Waals surface area contributed by atoms with E-state index in [1.807, 2.05) is 37.5 Å². The van der Waals surface area contributed by atoms with Gasteiger partial charge in [0.25, 0.3) is 0 Å². The molecule has 0 saturated carbocycles. The van der Waals surface area contributed by atoms with Gasteiger partial charge in [-0.2, -0.15) is 0 Å². The van der Waals surface area contributed by atoms with Crippen LogP contribution in [-0.2, 0) is 13.1 Å². The number of imidazole rings is 1. The molecule has 0 aliphatic heterocycles. The Hall–Kier alpha value is -1.48. The summed E-state index contributed by atoms with van der Waals surface area (Å²) in [6.45, 7) is 5.34. The van der Waals surface area contributed by atoms with Crippen LogP contribution in [0.2, 0.25) is 5.02 Å². The SMILES string of the molecule is CCCn1ccn(Cc2ccc(C)cc2Cl)c1=O. The van der Waals surface area contributed by atoms with Crippen LogP contribution < -0.4 is 5.69 Å². The van der Waals surface area contributed by atoms with Gasteiger partial charge in [0.05, 0.1) is 6.54 Å². The van der Waals surface area contributed by atoms with Crippen molar-refractivity contribution in [3.05, 3.63) is 57.2 Å². The highest BCUT2D eigenvalue weighted by molar-refractivity contribution is 6.31. The zero-order chi connectivity index (χ0) is 13.1. The molecule has 0 aliphatic rings. The van der Waals surface area contributed by atoms with Gasteiger partial charge >= 0.3 is 5.69 Å². The molecular weight excluding hydrogens is 248 g/mol. The van der Waals surface area contributed by atoms with Crippen LogP contribution in [0.25, 0.3) is 0 Å². The smallest absolute Gasteiger partial charge is 0.299 e. The number of benzene rings is 1. The monoisotopic (exact) mass is 264 g/mol. The first-order valence-electron chi connectivity index (χ1n) is 6.12. The van der Waals surface area contributed by atoms with Gasteiger partial charge in [-0.1, -0.05) is 30.7 Å². The van der Waals surface area contributed by atoms with Gasteiger partial charge in [0.2, 0.25) is 0 Å². The molecule has 0 bridgehead atoms. The van der Waals surface area contributed by atoms with E-state index < -0.39 is 0 Å². The normalized spacial score (nSPS) is 10.8. The average Bonchev–Trinajstić information content (AvgIpc) is 2.66. The van der Waals surface area contributed by atoms with Crippen LogP contribution in [0.15, 0.2) is 35.4 Å². The van der Waals surface area contributed by atoms with Crippen molar-refractivity contribution in [2.45, 2.75) is 33.4 Å². The molecule has 1 heterocycles. The number of rotatable bonds is 4. The molecule has 1 aromatic carbocycles. The highest BCUT2D eigenvalue weighted by Crippen LogP contribution is 2.18. The lowest BCUT2D eigenvalue weighted by Gasteiger charge is -2.05. The Balaban J connectivity index is 2.26. The van der Waals surface area contributed by atoms with Crippen LogP contribution in [-0.4, -0.2) is 9.13 Å². The molecule has 2 rings (SSSR count). The van der Waals surface area contributed by atoms with Crippen LogP contribution in [0.1, 0.15) is 24.5 Å². The van der Waals surface area contributed by atoms with E-state index in [-0.39, 0.29) is 5.69 Å². The summed E-state index contributed by atoms with van der Waals surface area (Å²) in [7, 11) is 0. The van der Waals surface area contributed by atoms with E-state index in [0.717, 1.165) is 24.1 Å². The van der Waals surface area contributed by atoms with E-state index in [0.29, 0.717) is 11.6 Å². The Morgan fingerprint density at radius 2 is 1.94 bits per heavy atom. The summed E-state index contributed by atoms with van der Waals surface area (Å²) in [5, 5.41) is 0.713. The lowest BCUT2D eigenvalue weighted by molar-refractivity contribution is 0.624. The van der Waals surface area contributed by atoms with Gasteiger partial charge in [-0.05, 0) is 30.5 Å². The van der Waals surface area contributed by atoms with E-state index in [9.17, 15) is 4.79 Å². The molecule has 0 aliphatic carbocycles. The second kappa shape index (κ2) is 5.44. The highest BCUT2D eigenvalue weighted by Gasteiger charge is 2.06. The molecule has 3 nitrogen and oxygen atoms in total. The van der Waals surface area contributed by atoms with Gasteiger partial charge < -0.3 is 0 Å². The van der Waals surface area contributed by atoms with Crippen molar-refractivity contribution in [2.75, 3.05) is 0 Å². The summed E-state index contributed by atoms with van der Waals surface area (Å²) in [5.74, 6) is 0. The van der Waals surface area contributed by atoms with Crippen molar-refractivity contribution in [3.63, 3.8) is 0 Å². The Morgan fingerprint density at radius 1 is 1.22 bits per heavy atom. The molecule has 0 atom stereocenters. The minimum atomic E-state index is 0.0218. The Labute approximate surface area is 112 Å². The van der Waals surface area contributed by atoms with Crippen LogP contribution in [0, 0.1) is 6.92 Å². The first kappa shape index (κ1) is 13.0. The van der Waals surface area contributed by atoms with Gasteiger partial charge in [-0.25, -0.2) is 4.79 Å². The molecule has 0 amide bonds. The molecule has 0 N–H and O–H groups in total. The molecule has 0 radical (unpaired) electrons. The number of halogens is 1. The topological polar surface area (TPSA) is 26.9 Å². The molecule has 4 heteroatoms. The van der Waals surface area contributed by atoms with Crippen molar-refractivity contribution in [3.8, 4) is 0 Å². The fourth-order valence-electron chi connectivity index (χ4n) is 1.95. The lowest BCUT2D eigenvalue weighted by Crippen LogP contribution is -2.24. The first-order valence-corrected chi connectivity index (χ1v) is 6.50. The quantitative estimate of drug-likeness (QED) is 0.834. The number of nitrogens with zero attached hydrogens (tertiary/aromatic N) is 2. The fraction of sp³-hybridized carbons (Fsp3) is 0.357. The number of hydrogen-bond acceptors (Lipinski definition) is 1. The summed E-state index contributed by atoms with van der Waals surface area (Å²) < 4.78 is 3.41. The van der Waals surface area contributed by atoms with Crippen molar-refractivity contribution in [1.29, 1.82) is 0 Å². The van der Waals surface area contributed by atoms with Crippen molar-refractivity contribution in [2.24, 2.45) is 0 Å². The number of aromatic nitrogens is 2. The molecule has 2 aromatic rings. The van der Waals surface area contributed by atoms with Crippen LogP contribution in [0.3, 0.4) is 0 Å². The number of hydrogen-bond donors (Lipinski definition) is 0. The van der Waals surface area contributed by atoms with Gasteiger partial charge in [-0.3, -0.25) is 9.13 Å². The predicted molar refractivity (Wildman–Crippen MR) is 74.3 cm³/mol. The van der Waals surface area contributed by atoms with Gasteiger partial charge in [0.15, 0.2) is 0 Å². The van der Waals surface area contributed by atoms with Crippen molar-refractivity contribution < 1.29 is 0 Å². The van der Waals surface area contributed by atoms with Crippen LogP contribution >= 0.6 is 11.6 Å². The van der Waals surface area contributed by atoms with Crippen LogP contribution in [0.4, 0.5) is 0 Å². The average molecular weight is 265 g/mol. The van der Waals surface area contributed by atoms with E-state index in [2.05, 4.69) is 6.92 Å². The molecular formula is C14H17ClN2O. The third-order valence-electron chi connectivity index (χ3n) is 2.93. The Bertz CT molecular complexity index is 598. The molecule has 0 spiro atoms. The van der Waals surface area contributed by atoms with Gasteiger partial charge in [0.1, 0.15) is 0 Å². The van der Waals surface area contributed by atoms with Crippen LogP contribution in [0.5, 0.6) is 0 Å². The molecule has 96 valence electrons. The van der Waals surface area contributed by atoms with Crippen molar-refractivity contribution >= 4 is 11.6 Å². The maximum atomic E-state index is 12.0.